The molecule has 1 aliphatic carbocycles. The normalized spacial score (nSPS) is 25.2. The summed E-state index contributed by atoms with van der Waals surface area (Å²) in [6.07, 6.45) is 1.07. The lowest BCUT2D eigenvalue weighted by Gasteiger charge is -2.25. The Morgan fingerprint density at radius 2 is 2.08 bits per heavy atom. The van der Waals surface area contributed by atoms with Crippen molar-refractivity contribution in [1.82, 2.24) is 4.90 Å². The molecule has 2 atom stereocenters. The van der Waals surface area contributed by atoms with Gasteiger partial charge in [0.15, 0.2) is 16.6 Å². The molecule has 2 aromatic carbocycles. The zero-order valence-corrected chi connectivity index (χ0v) is 15.4. The van der Waals surface area contributed by atoms with E-state index in [4.69, 9.17) is 33.3 Å². The molecule has 4 nitrogen and oxygen atoms in total. The fraction of sp³-hybridized carbons (Fsp3) is 0.316. The third-order valence-electron chi connectivity index (χ3n) is 5.52. The molecule has 0 amide bonds. The first-order chi connectivity index (χ1) is 12.5. The number of piperidine rings is 1. The molecule has 134 valence electrons. The fourth-order valence-corrected chi connectivity index (χ4v) is 4.74. The molecule has 26 heavy (non-hydrogen) atoms. The van der Waals surface area contributed by atoms with Crippen molar-refractivity contribution in [2.45, 2.75) is 11.8 Å². The summed E-state index contributed by atoms with van der Waals surface area (Å²) in [6, 6.07) is 10.4. The molecule has 2 fully saturated rings. The van der Waals surface area contributed by atoms with Crippen LogP contribution in [0.4, 0.5) is 10.1 Å². The minimum atomic E-state index is -0.304. The average Bonchev–Trinajstić information content (AvgIpc) is 2.95. The van der Waals surface area contributed by atoms with Crippen molar-refractivity contribution < 1.29 is 13.9 Å². The number of hydrogen-bond donors (Lipinski definition) is 1. The highest BCUT2D eigenvalue weighted by atomic mass is 35.5. The van der Waals surface area contributed by atoms with Crippen LogP contribution in [0.25, 0.3) is 0 Å². The minimum absolute atomic E-state index is 0.00852. The molecule has 1 saturated heterocycles. The summed E-state index contributed by atoms with van der Waals surface area (Å²) in [5, 5.41) is 4.45. The van der Waals surface area contributed by atoms with Gasteiger partial charge in [0.2, 0.25) is 6.79 Å². The van der Waals surface area contributed by atoms with Crippen LogP contribution >= 0.6 is 23.8 Å². The summed E-state index contributed by atoms with van der Waals surface area (Å²) in [4.78, 5) is 2.16. The van der Waals surface area contributed by atoms with Crippen molar-refractivity contribution in [2.24, 2.45) is 5.92 Å². The first-order valence-corrected chi connectivity index (χ1v) is 9.25. The van der Waals surface area contributed by atoms with E-state index in [2.05, 4.69) is 10.2 Å². The third-order valence-corrected chi connectivity index (χ3v) is 6.20. The Kier molecular flexibility index (Phi) is 3.56. The SMILES string of the molecule is Fc1ccc(C23CC2CN(C(=S)Nc2ccc4c(c2)OCO4)C3)c(Cl)c1. The lowest BCUT2D eigenvalue weighted by molar-refractivity contribution is 0.174. The number of benzene rings is 2. The van der Waals surface area contributed by atoms with Crippen LogP contribution in [0.5, 0.6) is 11.5 Å². The zero-order valence-electron chi connectivity index (χ0n) is 13.8. The summed E-state index contributed by atoms with van der Waals surface area (Å²) >= 11 is 11.9. The number of rotatable bonds is 2. The van der Waals surface area contributed by atoms with Crippen LogP contribution in [0.3, 0.4) is 0 Å². The highest BCUT2D eigenvalue weighted by Crippen LogP contribution is 2.60. The van der Waals surface area contributed by atoms with Crippen LogP contribution in [0.2, 0.25) is 5.02 Å². The molecule has 0 aromatic heterocycles. The van der Waals surface area contributed by atoms with Gasteiger partial charge >= 0.3 is 0 Å². The molecular weight excluding hydrogens is 375 g/mol. The van der Waals surface area contributed by atoms with Crippen molar-refractivity contribution in [2.75, 3.05) is 25.2 Å². The van der Waals surface area contributed by atoms with Gasteiger partial charge in [-0.3, -0.25) is 0 Å². The predicted octanol–water partition coefficient (Wildman–Crippen LogP) is 4.18. The Hall–Kier alpha value is -2.05. The van der Waals surface area contributed by atoms with Gasteiger partial charge in [-0.05, 0) is 54.4 Å². The number of likely N-dealkylation sites (tertiary alicyclic amines) is 1. The molecule has 2 unspecified atom stereocenters. The van der Waals surface area contributed by atoms with Crippen LogP contribution in [0.15, 0.2) is 36.4 Å². The molecular formula is C19H16ClFN2O2S. The van der Waals surface area contributed by atoms with Crippen LogP contribution in [0, 0.1) is 11.7 Å². The molecule has 1 saturated carbocycles. The lowest BCUT2D eigenvalue weighted by Crippen LogP contribution is -2.36. The number of thiocarbonyl (C=S) groups is 1. The van der Waals surface area contributed by atoms with Crippen molar-refractivity contribution in [1.29, 1.82) is 0 Å². The number of halogens is 2. The van der Waals surface area contributed by atoms with E-state index in [-0.39, 0.29) is 18.0 Å². The smallest absolute Gasteiger partial charge is 0.231 e. The molecule has 0 bridgehead atoms. The molecule has 0 radical (unpaired) electrons. The first-order valence-electron chi connectivity index (χ1n) is 8.46. The Bertz CT molecular complexity index is 924. The maximum atomic E-state index is 13.4. The molecule has 0 spiro atoms. The van der Waals surface area contributed by atoms with Gasteiger partial charge in [0, 0.05) is 35.3 Å². The Morgan fingerprint density at radius 1 is 1.23 bits per heavy atom. The van der Waals surface area contributed by atoms with E-state index in [0.29, 0.717) is 16.1 Å². The molecule has 5 rings (SSSR count). The second-order valence-corrected chi connectivity index (χ2v) is 7.85. The molecule has 1 N–H and O–H groups in total. The summed E-state index contributed by atoms with van der Waals surface area (Å²) in [6.45, 7) is 1.92. The number of hydrogen-bond acceptors (Lipinski definition) is 3. The van der Waals surface area contributed by atoms with E-state index in [0.717, 1.165) is 42.3 Å². The molecule has 2 heterocycles. The largest absolute Gasteiger partial charge is 0.454 e. The van der Waals surface area contributed by atoms with Gasteiger partial charge in [0.1, 0.15) is 5.82 Å². The Labute approximate surface area is 160 Å². The number of nitrogens with zero attached hydrogens (tertiary/aromatic N) is 1. The fourth-order valence-electron chi connectivity index (χ4n) is 4.12. The summed E-state index contributed by atoms with van der Waals surface area (Å²) < 4.78 is 24.1. The quantitative estimate of drug-likeness (QED) is 0.778. The summed E-state index contributed by atoms with van der Waals surface area (Å²) in [5.74, 6) is 1.66. The standard InChI is InChI=1S/C19H16ClFN2O2S/c20-15-5-12(21)1-3-14(15)19-7-11(19)8-23(9-19)18(26)22-13-2-4-16-17(6-13)25-10-24-16/h1-6,11H,7-10H2,(H,22,26). The number of anilines is 1. The van der Waals surface area contributed by atoms with Crippen LogP contribution in [-0.2, 0) is 5.41 Å². The number of nitrogens with one attached hydrogen (secondary N) is 1. The van der Waals surface area contributed by atoms with E-state index >= 15 is 0 Å². The van der Waals surface area contributed by atoms with E-state index in [9.17, 15) is 4.39 Å². The van der Waals surface area contributed by atoms with Gasteiger partial charge in [0.05, 0.1) is 0 Å². The van der Waals surface area contributed by atoms with Crippen LogP contribution < -0.4 is 14.8 Å². The highest BCUT2D eigenvalue weighted by molar-refractivity contribution is 7.80. The van der Waals surface area contributed by atoms with E-state index in [1.54, 1.807) is 0 Å². The van der Waals surface area contributed by atoms with Crippen molar-refractivity contribution in [3.63, 3.8) is 0 Å². The summed E-state index contributed by atoms with van der Waals surface area (Å²) in [5.41, 5.74) is 1.89. The Balaban J connectivity index is 1.31. The number of fused-ring (bicyclic) bond motifs is 2. The van der Waals surface area contributed by atoms with Gasteiger partial charge in [-0.25, -0.2) is 4.39 Å². The van der Waals surface area contributed by atoms with Crippen LogP contribution in [-0.4, -0.2) is 29.9 Å². The highest BCUT2D eigenvalue weighted by Gasteiger charge is 2.61. The first kappa shape index (κ1) is 16.1. The maximum Gasteiger partial charge on any atom is 0.231 e. The monoisotopic (exact) mass is 390 g/mol. The second kappa shape index (κ2) is 5.72. The number of ether oxygens (including phenoxy) is 2. The zero-order chi connectivity index (χ0) is 17.9. The second-order valence-electron chi connectivity index (χ2n) is 7.06. The van der Waals surface area contributed by atoms with E-state index < -0.39 is 0 Å². The van der Waals surface area contributed by atoms with Gasteiger partial charge in [-0.15, -0.1) is 0 Å². The van der Waals surface area contributed by atoms with Crippen molar-refractivity contribution >= 4 is 34.6 Å². The van der Waals surface area contributed by atoms with E-state index in [1.807, 2.05) is 24.3 Å². The van der Waals surface area contributed by atoms with Gasteiger partial charge < -0.3 is 19.7 Å². The third kappa shape index (κ3) is 2.51. The van der Waals surface area contributed by atoms with Crippen molar-refractivity contribution in [3.8, 4) is 11.5 Å². The topological polar surface area (TPSA) is 33.7 Å². The lowest BCUT2D eigenvalue weighted by atomic mass is 9.95. The predicted molar refractivity (Wildman–Crippen MR) is 102 cm³/mol. The van der Waals surface area contributed by atoms with Gasteiger partial charge in [0.25, 0.3) is 0 Å². The van der Waals surface area contributed by atoms with Gasteiger partial charge in [-0.1, -0.05) is 17.7 Å². The molecule has 7 heteroatoms. The minimum Gasteiger partial charge on any atom is -0.454 e. The molecule has 2 aliphatic heterocycles. The van der Waals surface area contributed by atoms with Crippen molar-refractivity contribution in [3.05, 3.63) is 52.8 Å². The average molecular weight is 391 g/mol. The molecule has 2 aromatic rings. The Morgan fingerprint density at radius 3 is 2.92 bits per heavy atom. The van der Waals surface area contributed by atoms with Gasteiger partial charge in [-0.2, -0.15) is 0 Å². The van der Waals surface area contributed by atoms with E-state index in [1.165, 1.54) is 12.1 Å². The summed E-state index contributed by atoms with van der Waals surface area (Å²) in [7, 11) is 0. The maximum absolute atomic E-state index is 13.4. The van der Waals surface area contributed by atoms with Crippen LogP contribution in [0.1, 0.15) is 12.0 Å². The molecule has 3 aliphatic rings.